The summed E-state index contributed by atoms with van der Waals surface area (Å²) in [4.78, 5) is 73.8. The van der Waals surface area contributed by atoms with Gasteiger partial charge in [0.1, 0.15) is 29.2 Å². The Morgan fingerprint density at radius 1 is 0.792 bits per heavy atom. The molecule has 0 spiro atoms. The molecule has 2 aromatic carbocycles. The predicted octanol–water partition coefficient (Wildman–Crippen LogP) is 5.56. The topological polar surface area (TPSA) is 169 Å². The van der Waals surface area contributed by atoms with Crippen molar-refractivity contribution in [3.8, 4) is 17.0 Å². The van der Waals surface area contributed by atoms with E-state index in [-0.39, 0.29) is 17.7 Å². The average Bonchev–Trinajstić information content (AvgIpc) is 3.46. The number of aryl methyl sites for hydroxylation is 1. The Morgan fingerprint density at radius 2 is 1.36 bits per heavy atom. The van der Waals surface area contributed by atoms with Crippen LogP contribution in [0.15, 0.2) is 59.7 Å². The number of alkyl carbamates (subject to hydrolysis) is 1. The van der Waals surface area contributed by atoms with E-state index in [0.717, 1.165) is 5.56 Å². The van der Waals surface area contributed by atoms with Crippen molar-refractivity contribution in [1.82, 2.24) is 19.5 Å². The van der Waals surface area contributed by atoms with Crippen molar-refractivity contribution in [1.29, 1.82) is 0 Å². The number of benzene rings is 2. The Balaban J connectivity index is 1.52. The highest BCUT2D eigenvalue weighted by atomic mass is 16.7. The smallest absolute Gasteiger partial charge is 0.437 e. The number of hydrogen-bond donors (Lipinski definition) is 1. The third kappa shape index (κ3) is 11.3. The quantitative estimate of drug-likeness (QED) is 0.114. The van der Waals surface area contributed by atoms with Gasteiger partial charge in [-0.3, -0.25) is 9.59 Å². The van der Waals surface area contributed by atoms with Gasteiger partial charge in [0.25, 0.3) is 11.8 Å². The molecule has 2 heterocycles. The van der Waals surface area contributed by atoms with Crippen molar-refractivity contribution >= 4 is 30.0 Å². The molecule has 1 aliphatic rings. The zero-order valence-corrected chi connectivity index (χ0v) is 32.0. The molecule has 3 aromatic rings. The van der Waals surface area contributed by atoms with Crippen LogP contribution in [0.2, 0.25) is 0 Å². The summed E-state index contributed by atoms with van der Waals surface area (Å²) in [7, 11) is 1.76. The van der Waals surface area contributed by atoms with E-state index in [0.29, 0.717) is 41.6 Å². The van der Waals surface area contributed by atoms with Gasteiger partial charge in [0.15, 0.2) is 0 Å². The minimum absolute atomic E-state index is 0.165. The number of carbonyl (C=O) groups is 5. The standard InChI is InChI=1S/C38H49N5O10/c1-36(2,3)50-32(46)29(53-43-30(44)26-14-11-12-15-27(26)31(43)45)23-49-25-18-16-24(17-19-25)28-22-42(21-13-20-39-34(47)51-37(4,5)6)33(41(28)10)40-35(48)52-38(7,8)9/h11-12,14-19,22,29H,13,20-21,23H2,1-10H3,(H,39,47)/b40-33-/t29-/m0/s1. The molecule has 4 amide bonds. The molecule has 0 unspecified atom stereocenters. The summed E-state index contributed by atoms with van der Waals surface area (Å²) in [5.74, 6) is -1.84. The summed E-state index contributed by atoms with van der Waals surface area (Å²) in [5.41, 5.74) is -0.129. The Morgan fingerprint density at radius 3 is 1.91 bits per heavy atom. The molecule has 0 aliphatic carbocycles. The van der Waals surface area contributed by atoms with Crippen molar-refractivity contribution in [3.05, 3.63) is 71.5 Å². The Hall–Kier alpha value is -5.44. The molecule has 0 fully saturated rings. The molecule has 1 atom stereocenters. The Labute approximate surface area is 308 Å². The van der Waals surface area contributed by atoms with Crippen LogP contribution >= 0.6 is 0 Å². The van der Waals surface area contributed by atoms with Crippen LogP contribution in [0, 0.1) is 0 Å². The molecule has 15 heteroatoms. The average molecular weight is 736 g/mol. The lowest BCUT2D eigenvalue weighted by Crippen LogP contribution is -2.43. The number of imide groups is 1. The second-order valence-corrected chi connectivity index (χ2v) is 15.4. The number of esters is 1. The van der Waals surface area contributed by atoms with E-state index >= 15 is 0 Å². The van der Waals surface area contributed by atoms with Gasteiger partial charge in [0.05, 0.1) is 16.8 Å². The van der Waals surface area contributed by atoms with Gasteiger partial charge < -0.3 is 33.4 Å². The first-order valence-corrected chi connectivity index (χ1v) is 17.2. The molecular formula is C38H49N5O10. The van der Waals surface area contributed by atoms with Crippen molar-refractivity contribution in [2.45, 2.75) is 98.2 Å². The summed E-state index contributed by atoms with van der Waals surface area (Å²) in [6.07, 6.45) is -0.383. The summed E-state index contributed by atoms with van der Waals surface area (Å²) < 4.78 is 25.7. The number of rotatable bonds is 11. The van der Waals surface area contributed by atoms with Gasteiger partial charge >= 0.3 is 18.2 Å². The van der Waals surface area contributed by atoms with E-state index in [1.54, 1.807) is 115 Å². The second kappa shape index (κ2) is 16.1. The van der Waals surface area contributed by atoms with Gasteiger partial charge in [-0.25, -0.2) is 19.2 Å². The number of carbonyl (C=O) groups excluding carboxylic acids is 5. The molecular weight excluding hydrogens is 686 g/mol. The van der Waals surface area contributed by atoms with Crippen LogP contribution < -0.4 is 15.7 Å². The number of hydroxylamine groups is 2. The van der Waals surface area contributed by atoms with Crippen molar-refractivity contribution < 1.29 is 47.8 Å². The van der Waals surface area contributed by atoms with Crippen molar-refractivity contribution in [3.63, 3.8) is 0 Å². The van der Waals surface area contributed by atoms with E-state index < -0.39 is 52.9 Å². The Kier molecular flexibility index (Phi) is 12.2. The Bertz CT molecular complexity index is 1870. The maximum atomic E-state index is 13.2. The maximum absolute atomic E-state index is 13.2. The van der Waals surface area contributed by atoms with Crippen LogP contribution in [0.4, 0.5) is 9.59 Å². The van der Waals surface area contributed by atoms with Crippen LogP contribution in [0.3, 0.4) is 0 Å². The minimum Gasteiger partial charge on any atom is -0.490 e. The number of hydrogen-bond acceptors (Lipinski definition) is 10. The van der Waals surface area contributed by atoms with Gasteiger partial charge in [-0.15, -0.1) is 10.1 Å². The fraction of sp³-hybridized carbons (Fsp3) is 0.474. The second-order valence-electron chi connectivity index (χ2n) is 15.4. The highest BCUT2D eigenvalue weighted by molar-refractivity contribution is 6.20. The summed E-state index contributed by atoms with van der Waals surface area (Å²) in [5, 5.41) is 3.29. The number of nitrogens with one attached hydrogen (secondary N) is 1. The normalized spacial score (nSPS) is 14.2. The molecule has 4 rings (SSSR count). The number of amides is 4. The number of imidazole rings is 1. The molecule has 0 saturated heterocycles. The van der Waals surface area contributed by atoms with Crippen LogP contribution in [-0.2, 0) is 37.4 Å². The number of ether oxygens (including phenoxy) is 4. The van der Waals surface area contributed by atoms with Crippen molar-refractivity contribution in [2.75, 3.05) is 13.2 Å². The van der Waals surface area contributed by atoms with E-state index in [9.17, 15) is 24.0 Å². The van der Waals surface area contributed by atoms with Gasteiger partial charge in [-0.05, 0) is 111 Å². The number of nitrogens with zero attached hydrogens (tertiary/aromatic N) is 4. The van der Waals surface area contributed by atoms with E-state index in [2.05, 4.69) is 10.3 Å². The van der Waals surface area contributed by atoms with Crippen molar-refractivity contribution in [2.24, 2.45) is 12.0 Å². The monoisotopic (exact) mass is 735 g/mol. The largest absolute Gasteiger partial charge is 0.490 e. The van der Waals surface area contributed by atoms with E-state index in [4.69, 9.17) is 23.8 Å². The number of fused-ring (bicyclic) bond motifs is 1. The van der Waals surface area contributed by atoms with Gasteiger partial charge in [0.2, 0.25) is 11.7 Å². The summed E-state index contributed by atoms with van der Waals surface area (Å²) >= 11 is 0. The molecule has 0 radical (unpaired) electrons. The molecule has 1 N–H and O–H groups in total. The van der Waals surface area contributed by atoms with Crippen LogP contribution in [0.25, 0.3) is 11.3 Å². The first kappa shape index (κ1) is 40.3. The molecule has 1 aromatic heterocycles. The van der Waals surface area contributed by atoms with E-state index in [1.165, 1.54) is 12.1 Å². The zero-order valence-electron chi connectivity index (χ0n) is 32.0. The van der Waals surface area contributed by atoms with Gasteiger partial charge in [-0.1, -0.05) is 12.1 Å². The fourth-order valence-corrected chi connectivity index (χ4v) is 5.08. The molecule has 0 bridgehead atoms. The lowest BCUT2D eigenvalue weighted by Gasteiger charge is -2.26. The van der Waals surface area contributed by atoms with Gasteiger partial charge in [-0.2, -0.15) is 0 Å². The molecule has 0 saturated carbocycles. The lowest BCUT2D eigenvalue weighted by atomic mass is 10.1. The third-order valence-electron chi connectivity index (χ3n) is 7.24. The zero-order chi connectivity index (χ0) is 39.3. The highest BCUT2D eigenvalue weighted by Crippen LogP contribution is 2.26. The summed E-state index contributed by atoms with van der Waals surface area (Å²) in [6.45, 7) is 16.0. The first-order valence-electron chi connectivity index (χ1n) is 17.2. The molecule has 15 nitrogen and oxygen atoms in total. The molecule has 53 heavy (non-hydrogen) atoms. The van der Waals surface area contributed by atoms with Gasteiger partial charge in [0, 0.05) is 26.3 Å². The lowest BCUT2D eigenvalue weighted by molar-refractivity contribution is -0.193. The van der Waals surface area contributed by atoms with Crippen LogP contribution in [-0.4, -0.2) is 80.2 Å². The molecule has 1 aliphatic heterocycles. The minimum atomic E-state index is -1.45. The first-order chi connectivity index (χ1) is 24.6. The molecule has 286 valence electrons. The predicted molar refractivity (Wildman–Crippen MR) is 193 cm³/mol. The highest BCUT2D eigenvalue weighted by Gasteiger charge is 2.40. The van der Waals surface area contributed by atoms with E-state index in [1.807, 2.05) is 6.20 Å². The number of aromatic nitrogens is 2. The summed E-state index contributed by atoms with van der Waals surface area (Å²) in [6, 6.07) is 13.2. The van der Waals surface area contributed by atoms with Crippen LogP contribution in [0.1, 0.15) is 89.5 Å². The maximum Gasteiger partial charge on any atom is 0.437 e. The van der Waals surface area contributed by atoms with Crippen LogP contribution in [0.5, 0.6) is 5.75 Å². The third-order valence-corrected chi connectivity index (χ3v) is 7.24. The SMILES string of the molecule is Cn1c(-c2ccc(OC[C@H](ON3C(=O)c4ccccc4C3=O)C(=O)OC(C)(C)C)cc2)cn(CCCNC(=O)OC(C)(C)C)/c1=N\C(=O)OC(C)(C)C. The fourth-order valence-electron chi connectivity index (χ4n) is 5.08.